The molecule has 2 radical (unpaired) electrons. The van der Waals surface area contributed by atoms with Gasteiger partial charge in [-0.1, -0.05) is 0 Å². The van der Waals surface area contributed by atoms with Crippen LogP contribution in [0.25, 0.3) is 11.2 Å². The number of nitrogen functional groups attached to an aromatic ring is 1. The fourth-order valence-electron chi connectivity index (χ4n) is 2.20. The summed E-state index contributed by atoms with van der Waals surface area (Å²) in [6.45, 7) is 0.706. The van der Waals surface area contributed by atoms with Gasteiger partial charge in [0.15, 0.2) is 19.3 Å². The van der Waals surface area contributed by atoms with Gasteiger partial charge in [-0.3, -0.25) is 4.57 Å². The van der Waals surface area contributed by atoms with Gasteiger partial charge in [0.1, 0.15) is 11.7 Å². The second kappa shape index (κ2) is 4.40. The van der Waals surface area contributed by atoms with Crippen molar-refractivity contribution in [3.8, 4) is 0 Å². The van der Waals surface area contributed by atoms with Crippen molar-refractivity contribution in [1.82, 2.24) is 19.5 Å². The van der Waals surface area contributed by atoms with Crippen molar-refractivity contribution in [3.63, 3.8) is 0 Å². The van der Waals surface area contributed by atoms with E-state index in [4.69, 9.17) is 29.9 Å². The predicted molar refractivity (Wildman–Crippen MR) is 69.0 cm³/mol. The van der Waals surface area contributed by atoms with Gasteiger partial charge in [-0.05, 0) is 30.9 Å². The standard InChI is InChI=1S/C10H11BClN5O/c11-9-14-6-7(13)15-10(12)16-8(6)17(9)5-3-1-2-4-18-5/h5H,1-4H2,(H2,13,15,16). The highest BCUT2D eigenvalue weighted by atomic mass is 35.5. The molecule has 18 heavy (non-hydrogen) atoms. The van der Waals surface area contributed by atoms with Gasteiger partial charge in [0, 0.05) is 6.61 Å². The van der Waals surface area contributed by atoms with Crippen LogP contribution in [0.3, 0.4) is 0 Å². The second-order valence-electron chi connectivity index (χ2n) is 4.21. The molecule has 3 heterocycles. The van der Waals surface area contributed by atoms with E-state index >= 15 is 0 Å². The lowest BCUT2D eigenvalue weighted by Gasteiger charge is -2.25. The van der Waals surface area contributed by atoms with E-state index in [2.05, 4.69) is 15.0 Å². The van der Waals surface area contributed by atoms with Crippen LogP contribution >= 0.6 is 11.6 Å². The Morgan fingerprint density at radius 1 is 1.33 bits per heavy atom. The van der Waals surface area contributed by atoms with E-state index in [0.29, 0.717) is 23.5 Å². The fraction of sp³-hybridized carbons (Fsp3) is 0.500. The Morgan fingerprint density at radius 2 is 2.17 bits per heavy atom. The molecule has 1 saturated heterocycles. The Bertz CT molecular complexity index is 595. The van der Waals surface area contributed by atoms with Gasteiger partial charge in [-0.2, -0.15) is 9.97 Å². The number of imidazole rings is 1. The normalized spacial score (nSPS) is 20.4. The lowest BCUT2D eigenvalue weighted by Crippen LogP contribution is -2.28. The molecule has 0 aliphatic carbocycles. The number of nitrogens with two attached hydrogens (primary N) is 1. The molecule has 1 fully saturated rings. The van der Waals surface area contributed by atoms with Crippen LogP contribution in [0.5, 0.6) is 0 Å². The summed E-state index contributed by atoms with van der Waals surface area (Å²) in [4.78, 5) is 12.2. The van der Waals surface area contributed by atoms with Crippen molar-refractivity contribution >= 4 is 42.2 Å². The Morgan fingerprint density at radius 3 is 2.89 bits per heavy atom. The summed E-state index contributed by atoms with van der Waals surface area (Å²) < 4.78 is 7.42. The SMILES string of the molecule is [B]c1nc2c(N)nc(Cl)nc2n1C1CCCCO1. The minimum absolute atomic E-state index is 0.0805. The molecule has 0 saturated carbocycles. The molecule has 2 N–H and O–H groups in total. The van der Waals surface area contributed by atoms with Gasteiger partial charge in [0.2, 0.25) is 5.28 Å². The first kappa shape index (κ1) is 11.7. The highest BCUT2D eigenvalue weighted by molar-refractivity contribution is 6.31. The van der Waals surface area contributed by atoms with Crippen molar-refractivity contribution in [2.45, 2.75) is 25.5 Å². The Kier molecular flexibility index (Phi) is 2.87. The fourth-order valence-corrected chi connectivity index (χ4v) is 2.37. The van der Waals surface area contributed by atoms with Gasteiger partial charge >= 0.3 is 0 Å². The molecule has 2 aromatic heterocycles. The Hall–Kier alpha value is -1.34. The number of nitrogens with zero attached hydrogens (tertiary/aromatic N) is 4. The molecule has 8 heteroatoms. The summed E-state index contributed by atoms with van der Waals surface area (Å²) >= 11 is 5.82. The zero-order valence-corrected chi connectivity index (χ0v) is 10.4. The lowest BCUT2D eigenvalue weighted by atomic mass is 10.1. The zero-order valence-electron chi connectivity index (χ0n) is 9.64. The first-order chi connectivity index (χ1) is 8.66. The summed E-state index contributed by atoms with van der Waals surface area (Å²) in [5, 5.41) is 0.0805. The van der Waals surface area contributed by atoms with Crippen LogP contribution < -0.4 is 11.5 Å². The van der Waals surface area contributed by atoms with Crippen LogP contribution in [0.1, 0.15) is 25.5 Å². The lowest BCUT2D eigenvalue weighted by molar-refractivity contribution is -0.0279. The van der Waals surface area contributed by atoms with Crippen molar-refractivity contribution in [3.05, 3.63) is 5.28 Å². The van der Waals surface area contributed by atoms with Crippen molar-refractivity contribution < 1.29 is 4.74 Å². The minimum atomic E-state index is -0.158. The number of fused-ring (bicyclic) bond motifs is 1. The monoisotopic (exact) mass is 263 g/mol. The van der Waals surface area contributed by atoms with Gasteiger partial charge in [-0.15, -0.1) is 0 Å². The quantitative estimate of drug-likeness (QED) is 0.600. The van der Waals surface area contributed by atoms with Crippen LogP contribution in [0, 0.1) is 0 Å². The number of halogens is 1. The molecule has 3 rings (SSSR count). The highest BCUT2D eigenvalue weighted by Crippen LogP contribution is 2.26. The largest absolute Gasteiger partial charge is 0.382 e. The van der Waals surface area contributed by atoms with E-state index in [9.17, 15) is 0 Å². The summed E-state index contributed by atoms with van der Waals surface area (Å²) in [6, 6.07) is 0. The van der Waals surface area contributed by atoms with E-state index in [1.807, 2.05) is 0 Å². The topological polar surface area (TPSA) is 78.9 Å². The van der Waals surface area contributed by atoms with Crippen molar-refractivity contribution in [2.24, 2.45) is 0 Å². The number of aromatic nitrogens is 4. The summed E-state index contributed by atoms with van der Waals surface area (Å²) in [7, 11) is 5.91. The molecule has 1 unspecified atom stereocenters. The van der Waals surface area contributed by atoms with E-state index < -0.39 is 0 Å². The number of hydrogen-bond donors (Lipinski definition) is 1. The third-order valence-corrected chi connectivity index (χ3v) is 3.18. The van der Waals surface area contributed by atoms with E-state index in [-0.39, 0.29) is 17.3 Å². The van der Waals surface area contributed by atoms with E-state index in [1.54, 1.807) is 4.57 Å². The molecule has 1 aliphatic heterocycles. The molecule has 92 valence electrons. The molecule has 0 bridgehead atoms. The van der Waals surface area contributed by atoms with E-state index in [0.717, 1.165) is 19.3 Å². The van der Waals surface area contributed by atoms with Gasteiger partial charge in [0.05, 0.1) is 5.72 Å². The number of anilines is 1. The average Bonchev–Trinajstić information content (AvgIpc) is 2.67. The third kappa shape index (κ3) is 1.83. The Balaban J connectivity index is 2.18. The third-order valence-electron chi connectivity index (χ3n) is 3.01. The maximum absolute atomic E-state index is 5.91. The average molecular weight is 263 g/mol. The number of hydrogen-bond acceptors (Lipinski definition) is 5. The van der Waals surface area contributed by atoms with Gasteiger partial charge in [-0.25, -0.2) is 4.98 Å². The summed E-state index contributed by atoms with van der Waals surface area (Å²) in [6.07, 6.45) is 2.85. The molecule has 0 aromatic carbocycles. The van der Waals surface area contributed by atoms with Crippen LogP contribution in [-0.4, -0.2) is 34.0 Å². The first-order valence-electron chi connectivity index (χ1n) is 5.75. The highest BCUT2D eigenvalue weighted by Gasteiger charge is 2.22. The molecular weight excluding hydrogens is 252 g/mol. The molecule has 1 atom stereocenters. The molecule has 0 spiro atoms. The maximum Gasteiger partial charge on any atom is 0.226 e. The second-order valence-corrected chi connectivity index (χ2v) is 4.55. The molecule has 2 aromatic rings. The van der Waals surface area contributed by atoms with E-state index in [1.165, 1.54) is 0 Å². The molecule has 0 amide bonds. The number of rotatable bonds is 1. The molecule has 6 nitrogen and oxygen atoms in total. The van der Waals surface area contributed by atoms with Crippen molar-refractivity contribution in [2.75, 3.05) is 12.3 Å². The van der Waals surface area contributed by atoms with Crippen LogP contribution in [0.2, 0.25) is 5.28 Å². The van der Waals surface area contributed by atoms with Crippen LogP contribution in [0.4, 0.5) is 5.82 Å². The van der Waals surface area contributed by atoms with Crippen LogP contribution in [0.15, 0.2) is 0 Å². The first-order valence-corrected chi connectivity index (χ1v) is 6.12. The molecular formula is C10H11BClN5O. The van der Waals surface area contributed by atoms with Gasteiger partial charge < -0.3 is 10.5 Å². The number of ether oxygens (including phenoxy) is 1. The van der Waals surface area contributed by atoms with Crippen molar-refractivity contribution in [1.29, 1.82) is 0 Å². The molecule has 1 aliphatic rings. The zero-order chi connectivity index (χ0) is 12.7. The maximum atomic E-state index is 5.91. The predicted octanol–water partition coefficient (Wildman–Crippen LogP) is 0.555. The van der Waals surface area contributed by atoms with Gasteiger partial charge in [0.25, 0.3) is 0 Å². The smallest absolute Gasteiger partial charge is 0.226 e. The minimum Gasteiger partial charge on any atom is -0.382 e. The summed E-state index contributed by atoms with van der Waals surface area (Å²) in [5.41, 5.74) is 7.07. The Labute approximate surface area is 110 Å². The van der Waals surface area contributed by atoms with Crippen LogP contribution in [-0.2, 0) is 4.74 Å². The summed E-state index contributed by atoms with van der Waals surface area (Å²) in [5.74, 6) is 0.228.